The molecule has 1 saturated heterocycles. The smallest absolute Gasteiger partial charge is 0.219 e. The minimum absolute atomic E-state index is 0.243. The van der Waals surface area contributed by atoms with Crippen molar-refractivity contribution in [1.82, 2.24) is 4.90 Å². The van der Waals surface area contributed by atoms with E-state index in [4.69, 9.17) is 0 Å². The Balaban J connectivity index is 0.000000441. The van der Waals surface area contributed by atoms with Crippen molar-refractivity contribution in [3.05, 3.63) is 37.0 Å². The topological polar surface area (TPSA) is 20.3 Å². The Hall–Kier alpha value is -1.31. The summed E-state index contributed by atoms with van der Waals surface area (Å²) in [6.45, 7) is 17.2. The highest BCUT2D eigenvalue weighted by Crippen LogP contribution is 2.22. The summed E-state index contributed by atoms with van der Waals surface area (Å²) in [5, 5.41) is 0. The summed E-state index contributed by atoms with van der Waals surface area (Å²) in [5.41, 5.74) is 1.15. The van der Waals surface area contributed by atoms with E-state index in [-0.39, 0.29) is 5.91 Å². The molecule has 20 heavy (non-hydrogen) atoms. The summed E-state index contributed by atoms with van der Waals surface area (Å²) in [5.74, 6) is 1.65. The van der Waals surface area contributed by atoms with Crippen LogP contribution in [-0.4, -0.2) is 23.9 Å². The Morgan fingerprint density at radius 1 is 1.25 bits per heavy atom. The zero-order chi connectivity index (χ0) is 15.5. The zero-order valence-electron chi connectivity index (χ0n) is 13.7. The van der Waals surface area contributed by atoms with Crippen molar-refractivity contribution in [3.8, 4) is 0 Å². The molecule has 0 saturated carbocycles. The average molecular weight is 277 g/mol. The maximum absolute atomic E-state index is 11.3. The molecule has 2 heteroatoms. The van der Waals surface area contributed by atoms with Crippen LogP contribution in [0.15, 0.2) is 37.0 Å². The van der Waals surface area contributed by atoms with Gasteiger partial charge in [0.25, 0.3) is 0 Å². The number of rotatable bonds is 3. The van der Waals surface area contributed by atoms with Crippen molar-refractivity contribution in [2.24, 2.45) is 11.8 Å². The summed E-state index contributed by atoms with van der Waals surface area (Å²) in [6, 6.07) is 0. The molecule has 2 nitrogen and oxygen atoms in total. The van der Waals surface area contributed by atoms with Crippen LogP contribution in [0.1, 0.15) is 47.0 Å². The zero-order valence-corrected chi connectivity index (χ0v) is 13.7. The molecular formula is C18H31NO. The first-order valence-electron chi connectivity index (χ1n) is 7.61. The molecule has 1 aliphatic heterocycles. The van der Waals surface area contributed by atoms with Crippen LogP contribution >= 0.6 is 0 Å². The molecule has 0 aliphatic carbocycles. The van der Waals surface area contributed by atoms with Crippen LogP contribution in [0.5, 0.6) is 0 Å². The third kappa shape index (κ3) is 7.98. The second-order valence-electron chi connectivity index (χ2n) is 5.73. The molecule has 1 aliphatic rings. The SMILES string of the molecule is C=C/C=C(/C)C=C.CCC1CCC(C)CN(C(C)=O)C1. The normalized spacial score (nSPS) is 23.2. The van der Waals surface area contributed by atoms with Gasteiger partial charge in [-0.3, -0.25) is 4.79 Å². The Morgan fingerprint density at radius 2 is 1.90 bits per heavy atom. The first-order valence-corrected chi connectivity index (χ1v) is 7.61. The Morgan fingerprint density at radius 3 is 2.30 bits per heavy atom. The minimum atomic E-state index is 0.243. The third-order valence-electron chi connectivity index (χ3n) is 3.80. The van der Waals surface area contributed by atoms with Crippen LogP contribution in [0.3, 0.4) is 0 Å². The summed E-state index contributed by atoms with van der Waals surface area (Å²) in [7, 11) is 0. The van der Waals surface area contributed by atoms with E-state index >= 15 is 0 Å². The molecule has 114 valence electrons. The van der Waals surface area contributed by atoms with Crippen LogP contribution < -0.4 is 0 Å². The number of carbonyl (C=O) groups excluding carboxylic acids is 1. The molecule has 0 radical (unpaired) electrons. The molecule has 2 unspecified atom stereocenters. The number of nitrogens with zero attached hydrogens (tertiary/aromatic N) is 1. The highest BCUT2D eigenvalue weighted by Gasteiger charge is 2.21. The van der Waals surface area contributed by atoms with Gasteiger partial charge in [-0.1, -0.05) is 57.2 Å². The number of amides is 1. The van der Waals surface area contributed by atoms with Crippen LogP contribution in [0, 0.1) is 11.8 Å². The molecule has 0 aromatic heterocycles. The summed E-state index contributed by atoms with van der Waals surface area (Å²) in [4.78, 5) is 13.3. The van der Waals surface area contributed by atoms with Crippen molar-refractivity contribution >= 4 is 5.91 Å². The number of likely N-dealkylation sites (tertiary alicyclic amines) is 1. The molecule has 1 amide bonds. The second kappa shape index (κ2) is 10.5. The van der Waals surface area contributed by atoms with Crippen LogP contribution in [-0.2, 0) is 4.79 Å². The van der Waals surface area contributed by atoms with Gasteiger partial charge in [0, 0.05) is 20.0 Å². The predicted octanol–water partition coefficient (Wildman–Crippen LogP) is 4.60. The van der Waals surface area contributed by atoms with E-state index in [0.717, 1.165) is 24.6 Å². The average Bonchev–Trinajstić information content (AvgIpc) is 2.61. The van der Waals surface area contributed by atoms with Gasteiger partial charge in [0.2, 0.25) is 5.91 Å². The fraction of sp³-hybridized carbons (Fsp3) is 0.611. The standard InChI is InChI=1S/C11H21NO.C7H10/c1-4-11-6-5-9(2)7-12(8-11)10(3)13;1-4-6-7(3)5-2/h9,11H,4-8H2,1-3H3;4-6H,1-2H2,3H3/b;7-6-. The lowest BCUT2D eigenvalue weighted by Gasteiger charge is -2.23. The highest BCUT2D eigenvalue weighted by atomic mass is 16.2. The van der Waals surface area contributed by atoms with Crippen molar-refractivity contribution in [1.29, 1.82) is 0 Å². The number of carbonyl (C=O) groups is 1. The van der Waals surface area contributed by atoms with E-state index in [1.165, 1.54) is 19.3 Å². The van der Waals surface area contributed by atoms with E-state index in [0.29, 0.717) is 5.92 Å². The Kier molecular flexibility index (Phi) is 9.79. The fourth-order valence-electron chi connectivity index (χ4n) is 2.31. The van der Waals surface area contributed by atoms with Gasteiger partial charge < -0.3 is 4.90 Å². The van der Waals surface area contributed by atoms with Gasteiger partial charge in [-0.2, -0.15) is 0 Å². The molecule has 0 aromatic rings. The number of allylic oxidation sites excluding steroid dienone is 4. The lowest BCUT2D eigenvalue weighted by atomic mass is 9.97. The van der Waals surface area contributed by atoms with Crippen molar-refractivity contribution < 1.29 is 4.79 Å². The predicted molar refractivity (Wildman–Crippen MR) is 88.6 cm³/mol. The number of hydrogen-bond donors (Lipinski definition) is 0. The quantitative estimate of drug-likeness (QED) is 0.691. The monoisotopic (exact) mass is 277 g/mol. The van der Waals surface area contributed by atoms with E-state index in [1.54, 1.807) is 19.1 Å². The largest absolute Gasteiger partial charge is 0.342 e. The fourth-order valence-corrected chi connectivity index (χ4v) is 2.31. The lowest BCUT2D eigenvalue weighted by molar-refractivity contribution is -0.129. The van der Waals surface area contributed by atoms with E-state index in [1.807, 2.05) is 17.9 Å². The van der Waals surface area contributed by atoms with E-state index < -0.39 is 0 Å². The van der Waals surface area contributed by atoms with Crippen LogP contribution in [0.25, 0.3) is 0 Å². The Bertz CT molecular complexity index is 343. The molecule has 1 fully saturated rings. The first kappa shape index (κ1) is 18.7. The van der Waals surface area contributed by atoms with Gasteiger partial charge in [0.15, 0.2) is 0 Å². The molecule has 1 rings (SSSR count). The molecule has 1 heterocycles. The highest BCUT2D eigenvalue weighted by molar-refractivity contribution is 5.73. The molecular weight excluding hydrogens is 246 g/mol. The minimum Gasteiger partial charge on any atom is -0.342 e. The second-order valence-corrected chi connectivity index (χ2v) is 5.73. The van der Waals surface area contributed by atoms with Crippen LogP contribution in [0.4, 0.5) is 0 Å². The first-order chi connectivity index (χ1) is 9.44. The van der Waals surface area contributed by atoms with Gasteiger partial charge in [-0.15, -0.1) is 0 Å². The molecule has 0 bridgehead atoms. The van der Waals surface area contributed by atoms with Gasteiger partial charge >= 0.3 is 0 Å². The maximum atomic E-state index is 11.3. The van der Waals surface area contributed by atoms with E-state index in [9.17, 15) is 4.79 Å². The maximum Gasteiger partial charge on any atom is 0.219 e. The van der Waals surface area contributed by atoms with Crippen molar-refractivity contribution in [2.45, 2.75) is 47.0 Å². The molecule has 0 aromatic carbocycles. The summed E-state index contributed by atoms with van der Waals surface area (Å²) >= 11 is 0. The van der Waals surface area contributed by atoms with Crippen molar-refractivity contribution in [3.63, 3.8) is 0 Å². The van der Waals surface area contributed by atoms with Gasteiger partial charge in [0.05, 0.1) is 0 Å². The third-order valence-corrected chi connectivity index (χ3v) is 3.80. The molecule has 0 N–H and O–H groups in total. The molecule has 0 spiro atoms. The van der Waals surface area contributed by atoms with Gasteiger partial charge in [-0.05, 0) is 31.6 Å². The Labute approximate surface area is 125 Å². The van der Waals surface area contributed by atoms with Crippen molar-refractivity contribution in [2.75, 3.05) is 13.1 Å². The lowest BCUT2D eigenvalue weighted by Crippen LogP contribution is -2.34. The summed E-state index contributed by atoms with van der Waals surface area (Å²) in [6.07, 6.45) is 9.23. The molecule has 2 atom stereocenters. The van der Waals surface area contributed by atoms with Crippen LogP contribution in [0.2, 0.25) is 0 Å². The van der Waals surface area contributed by atoms with Gasteiger partial charge in [0.1, 0.15) is 0 Å². The number of hydrogen-bond acceptors (Lipinski definition) is 1. The van der Waals surface area contributed by atoms with Gasteiger partial charge in [-0.25, -0.2) is 0 Å². The van der Waals surface area contributed by atoms with E-state index in [2.05, 4.69) is 27.0 Å². The summed E-state index contributed by atoms with van der Waals surface area (Å²) < 4.78 is 0.